The largest absolute Gasteiger partial charge is 0.476 e. The zero-order valence-electron chi connectivity index (χ0n) is 20.8. The number of thioether (sulfide) groups is 1. The third-order valence-corrected chi connectivity index (χ3v) is 10.9. The first-order chi connectivity index (χ1) is 19.4. The van der Waals surface area contributed by atoms with Crippen LogP contribution in [-0.4, -0.2) is 52.0 Å². The number of benzene rings is 3. The number of ether oxygens (including phenoxy) is 2. The maximum atomic E-state index is 14.5. The Bertz CT molecular complexity index is 1550. The van der Waals surface area contributed by atoms with Crippen molar-refractivity contribution in [3.8, 4) is 11.8 Å². The van der Waals surface area contributed by atoms with Crippen molar-refractivity contribution in [1.82, 2.24) is 3.71 Å². The standard InChI is InChI=1S/C25H20Cl2F2N2O7S3/c26-17-2-6-20(7-3-17)40(33,34)31(41(35,36)21-8-4-18(27)5-9-21)11-13-39-19-14-22(28)25(23(29)15-19)38-16-24(32)37-12-1-10-30/h2-9,14-15H,1,11-13,16H2. The Morgan fingerprint density at radius 2 is 1.39 bits per heavy atom. The zero-order valence-corrected chi connectivity index (χ0v) is 24.8. The van der Waals surface area contributed by atoms with Crippen LogP contribution in [0.3, 0.4) is 0 Å². The highest BCUT2D eigenvalue weighted by molar-refractivity contribution is 8.04. The van der Waals surface area contributed by atoms with Crippen LogP contribution in [0.4, 0.5) is 8.78 Å². The third kappa shape index (κ3) is 8.54. The minimum Gasteiger partial charge on any atom is -0.476 e. The molecule has 0 radical (unpaired) electrons. The van der Waals surface area contributed by atoms with Crippen molar-refractivity contribution in [2.75, 3.05) is 25.5 Å². The van der Waals surface area contributed by atoms with E-state index in [1.165, 1.54) is 24.3 Å². The van der Waals surface area contributed by atoms with Crippen molar-refractivity contribution in [3.63, 3.8) is 0 Å². The summed E-state index contributed by atoms with van der Waals surface area (Å²) in [6.45, 7) is -1.60. The maximum Gasteiger partial charge on any atom is 0.344 e. The van der Waals surface area contributed by atoms with E-state index in [9.17, 15) is 30.4 Å². The van der Waals surface area contributed by atoms with E-state index in [1.807, 2.05) is 0 Å². The molecule has 0 saturated carbocycles. The molecule has 0 aliphatic carbocycles. The highest BCUT2D eigenvalue weighted by atomic mass is 35.5. The summed E-state index contributed by atoms with van der Waals surface area (Å²) in [4.78, 5) is 10.9. The van der Waals surface area contributed by atoms with Crippen LogP contribution in [-0.2, 0) is 29.6 Å². The number of hydrogen-bond acceptors (Lipinski definition) is 9. The van der Waals surface area contributed by atoms with Crippen LogP contribution in [0.5, 0.6) is 5.75 Å². The monoisotopic (exact) mass is 664 g/mol. The van der Waals surface area contributed by atoms with E-state index in [0.29, 0.717) is 3.71 Å². The summed E-state index contributed by atoms with van der Waals surface area (Å²) in [5.41, 5.74) is 0. The van der Waals surface area contributed by atoms with Crippen LogP contribution in [0.1, 0.15) is 6.42 Å². The van der Waals surface area contributed by atoms with Crippen molar-refractivity contribution >= 4 is 61.0 Å². The number of carbonyl (C=O) groups excluding carboxylic acids is 1. The van der Waals surface area contributed by atoms with Crippen molar-refractivity contribution in [2.24, 2.45) is 0 Å². The predicted molar refractivity (Wildman–Crippen MR) is 148 cm³/mol. The molecule has 218 valence electrons. The Balaban J connectivity index is 1.80. The molecule has 0 unspecified atom stereocenters. The molecular formula is C25H20Cl2F2N2O7S3. The van der Waals surface area contributed by atoms with Gasteiger partial charge in [0.05, 0.1) is 22.3 Å². The molecule has 0 atom stereocenters. The first-order valence-electron chi connectivity index (χ1n) is 11.4. The van der Waals surface area contributed by atoms with Gasteiger partial charge >= 0.3 is 5.97 Å². The number of nitriles is 1. The van der Waals surface area contributed by atoms with Crippen LogP contribution in [0, 0.1) is 23.0 Å². The Morgan fingerprint density at radius 1 is 0.902 bits per heavy atom. The van der Waals surface area contributed by atoms with Crippen molar-refractivity contribution in [3.05, 3.63) is 82.3 Å². The van der Waals surface area contributed by atoms with Gasteiger partial charge in [0.25, 0.3) is 20.0 Å². The molecule has 3 aromatic rings. The van der Waals surface area contributed by atoms with Gasteiger partial charge in [-0.3, -0.25) is 0 Å². The van der Waals surface area contributed by atoms with Crippen molar-refractivity contribution in [2.45, 2.75) is 21.1 Å². The molecule has 0 fully saturated rings. The van der Waals surface area contributed by atoms with Crippen LogP contribution in [0.25, 0.3) is 0 Å². The quantitative estimate of drug-likeness (QED) is 0.136. The Labute approximate surface area is 249 Å². The summed E-state index contributed by atoms with van der Waals surface area (Å²) in [7, 11) is -9.25. The van der Waals surface area contributed by atoms with Gasteiger partial charge in [-0.15, -0.1) is 11.8 Å². The summed E-state index contributed by atoms with van der Waals surface area (Å²) < 4.78 is 92.6. The number of hydrogen-bond donors (Lipinski definition) is 0. The van der Waals surface area contributed by atoms with Gasteiger partial charge in [0, 0.05) is 27.2 Å². The number of carbonyl (C=O) groups is 1. The summed E-state index contributed by atoms with van der Waals surface area (Å²) >= 11 is 12.5. The normalized spacial score (nSPS) is 11.7. The molecule has 3 aromatic carbocycles. The lowest BCUT2D eigenvalue weighted by atomic mass is 10.3. The zero-order chi connectivity index (χ0) is 30.2. The molecule has 9 nitrogen and oxygen atoms in total. The summed E-state index contributed by atoms with van der Waals surface area (Å²) in [5, 5.41) is 8.91. The van der Waals surface area contributed by atoms with Gasteiger partial charge in [0.2, 0.25) is 0 Å². The Hall–Kier alpha value is -2.93. The molecule has 3 rings (SSSR count). The highest BCUT2D eigenvalue weighted by Gasteiger charge is 2.36. The number of sulfonamides is 2. The lowest BCUT2D eigenvalue weighted by Crippen LogP contribution is -2.38. The van der Waals surface area contributed by atoms with Gasteiger partial charge in [0.1, 0.15) is 6.61 Å². The number of nitrogens with zero attached hydrogens (tertiary/aromatic N) is 2. The average Bonchev–Trinajstić information content (AvgIpc) is 2.91. The lowest BCUT2D eigenvalue weighted by Gasteiger charge is -2.22. The molecule has 16 heteroatoms. The molecule has 0 spiro atoms. The van der Waals surface area contributed by atoms with E-state index in [4.69, 9.17) is 33.2 Å². The summed E-state index contributed by atoms with van der Waals surface area (Å²) in [6.07, 6.45) is -0.0557. The predicted octanol–water partition coefficient (Wildman–Crippen LogP) is 5.28. The molecule has 41 heavy (non-hydrogen) atoms. The third-order valence-electron chi connectivity index (χ3n) is 5.08. The lowest BCUT2D eigenvalue weighted by molar-refractivity contribution is -0.145. The minimum atomic E-state index is -4.62. The second-order valence-electron chi connectivity index (χ2n) is 7.90. The van der Waals surface area contributed by atoms with Crippen molar-refractivity contribution in [1.29, 1.82) is 5.26 Å². The van der Waals surface area contributed by atoms with E-state index in [0.717, 1.165) is 48.2 Å². The van der Waals surface area contributed by atoms with Gasteiger partial charge in [-0.1, -0.05) is 26.9 Å². The minimum absolute atomic E-state index is 0.00308. The fourth-order valence-electron chi connectivity index (χ4n) is 3.20. The summed E-state index contributed by atoms with van der Waals surface area (Å²) in [5.74, 6) is -4.32. The van der Waals surface area contributed by atoms with Gasteiger partial charge in [-0.25, -0.2) is 30.4 Å². The first-order valence-corrected chi connectivity index (χ1v) is 16.0. The fourth-order valence-corrected chi connectivity index (χ4v) is 8.21. The Kier molecular flexibility index (Phi) is 11.4. The molecule has 0 saturated heterocycles. The maximum absolute atomic E-state index is 14.5. The van der Waals surface area contributed by atoms with E-state index in [2.05, 4.69) is 4.74 Å². The molecule has 0 amide bonds. The molecule has 0 aromatic heterocycles. The summed E-state index contributed by atoms with van der Waals surface area (Å²) in [6, 6.07) is 13.3. The van der Waals surface area contributed by atoms with E-state index in [1.54, 1.807) is 6.07 Å². The fraction of sp³-hybridized carbons (Fsp3) is 0.200. The van der Waals surface area contributed by atoms with Gasteiger partial charge in [0.15, 0.2) is 24.0 Å². The van der Waals surface area contributed by atoms with Crippen molar-refractivity contribution < 1.29 is 39.9 Å². The number of rotatable bonds is 13. The average molecular weight is 666 g/mol. The number of halogens is 4. The SMILES string of the molecule is N#CCCOC(=O)COc1c(F)cc(SCCN(S(=O)(=O)c2ccc(Cl)cc2)S(=O)(=O)c2ccc(Cl)cc2)cc1F. The van der Waals surface area contributed by atoms with Crippen LogP contribution in [0.2, 0.25) is 10.0 Å². The van der Waals surface area contributed by atoms with Gasteiger partial charge in [-0.2, -0.15) is 5.26 Å². The molecule has 0 aliphatic rings. The van der Waals surface area contributed by atoms with Crippen LogP contribution in [0.15, 0.2) is 75.4 Å². The topological polar surface area (TPSA) is 131 Å². The Morgan fingerprint density at radius 3 is 1.85 bits per heavy atom. The second kappa shape index (κ2) is 14.3. The van der Waals surface area contributed by atoms with E-state index in [-0.39, 0.29) is 43.5 Å². The van der Waals surface area contributed by atoms with Gasteiger partial charge in [-0.05, 0) is 60.7 Å². The number of esters is 1. The molecule has 0 N–H and O–H groups in total. The smallest absolute Gasteiger partial charge is 0.344 e. The highest BCUT2D eigenvalue weighted by Crippen LogP contribution is 2.31. The molecule has 0 bridgehead atoms. The van der Waals surface area contributed by atoms with E-state index >= 15 is 0 Å². The molecule has 0 heterocycles. The van der Waals surface area contributed by atoms with Crippen LogP contribution >= 0.6 is 35.0 Å². The van der Waals surface area contributed by atoms with E-state index < -0.39 is 56.6 Å². The van der Waals surface area contributed by atoms with Gasteiger partial charge < -0.3 is 9.47 Å². The molecule has 0 aliphatic heterocycles. The molecular weight excluding hydrogens is 645 g/mol. The second-order valence-corrected chi connectivity index (χ2v) is 13.9. The van der Waals surface area contributed by atoms with Crippen LogP contribution < -0.4 is 4.74 Å². The first kappa shape index (κ1) is 32.6.